The highest BCUT2D eigenvalue weighted by Gasteiger charge is 2.54. The number of carbonyl (C=O) groups is 2. The van der Waals surface area contributed by atoms with Gasteiger partial charge < -0.3 is 19.6 Å². The van der Waals surface area contributed by atoms with E-state index in [0.29, 0.717) is 24.5 Å². The molecule has 25 heavy (non-hydrogen) atoms. The van der Waals surface area contributed by atoms with E-state index in [1.165, 1.54) is 0 Å². The van der Waals surface area contributed by atoms with Crippen LogP contribution < -0.4 is 14.8 Å². The molecule has 1 aliphatic carbocycles. The summed E-state index contributed by atoms with van der Waals surface area (Å²) in [4.78, 5) is 23.4. The Morgan fingerprint density at radius 3 is 2.28 bits per heavy atom. The van der Waals surface area contributed by atoms with Gasteiger partial charge in [-0.2, -0.15) is 0 Å². The summed E-state index contributed by atoms with van der Waals surface area (Å²) in [6.07, 6.45) is 4.90. The number of hydrogen-bond donors (Lipinski definition) is 1. The minimum Gasteiger partial charge on any atom is -0.497 e. The molecule has 1 aliphatic rings. The van der Waals surface area contributed by atoms with Gasteiger partial charge in [0, 0.05) is 24.4 Å². The zero-order valence-electron chi connectivity index (χ0n) is 15.7. The van der Waals surface area contributed by atoms with Crippen LogP contribution in [0.25, 0.3) is 0 Å². The summed E-state index contributed by atoms with van der Waals surface area (Å²) in [7, 11) is 3.22. The first-order valence-corrected chi connectivity index (χ1v) is 8.84. The molecule has 0 aromatic heterocycles. The fourth-order valence-corrected chi connectivity index (χ4v) is 4.08. The van der Waals surface area contributed by atoms with Crippen molar-refractivity contribution in [1.29, 1.82) is 0 Å². The molecule has 2 rings (SSSR count). The molecule has 0 radical (unpaired) electrons. The lowest BCUT2D eigenvalue weighted by Gasteiger charge is -2.53. The average Bonchev–Trinajstić information content (AvgIpc) is 2.61. The Hall–Kier alpha value is -2.04. The van der Waals surface area contributed by atoms with E-state index in [-0.39, 0.29) is 16.7 Å². The van der Waals surface area contributed by atoms with Crippen LogP contribution in [0, 0.1) is 10.8 Å². The zero-order valence-corrected chi connectivity index (χ0v) is 15.7. The molecule has 0 heterocycles. The first-order chi connectivity index (χ1) is 11.9. The van der Waals surface area contributed by atoms with Crippen molar-refractivity contribution in [3.8, 4) is 11.5 Å². The van der Waals surface area contributed by atoms with Crippen molar-refractivity contribution in [2.45, 2.75) is 52.5 Å². The minimum atomic E-state index is -0.305. The third kappa shape index (κ3) is 4.33. The lowest BCUT2D eigenvalue weighted by Crippen LogP contribution is -2.53. The summed E-state index contributed by atoms with van der Waals surface area (Å²) in [5.41, 5.74) is 0.743. The lowest BCUT2D eigenvalue weighted by atomic mass is 9.51. The first-order valence-electron chi connectivity index (χ1n) is 8.84. The number of aldehydes is 1. The number of benzene rings is 1. The fraction of sp³-hybridized carbons (Fsp3) is 0.600. The topological polar surface area (TPSA) is 64.6 Å². The fourth-order valence-electron chi connectivity index (χ4n) is 4.08. The highest BCUT2D eigenvalue weighted by Crippen LogP contribution is 2.58. The highest BCUT2D eigenvalue weighted by molar-refractivity contribution is 5.84. The third-order valence-electron chi connectivity index (χ3n) is 5.42. The molecular formula is C20H29NO4. The van der Waals surface area contributed by atoms with Crippen LogP contribution in [0.15, 0.2) is 18.2 Å². The van der Waals surface area contributed by atoms with Crippen LogP contribution in [0.3, 0.4) is 0 Å². The molecule has 0 atom stereocenters. The van der Waals surface area contributed by atoms with Crippen molar-refractivity contribution in [3.63, 3.8) is 0 Å². The van der Waals surface area contributed by atoms with E-state index in [2.05, 4.69) is 19.2 Å². The Morgan fingerprint density at radius 2 is 1.80 bits per heavy atom. The first kappa shape index (κ1) is 19.3. The number of hydrogen-bond acceptors (Lipinski definition) is 4. The number of nitrogens with one attached hydrogen (secondary N) is 1. The monoisotopic (exact) mass is 347 g/mol. The van der Waals surface area contributed by atoms with E-state index in [0.717, 1.165) is 37.5 Å². The maximum Gasteiger partial charge on any atom is 0.226 e. The third-order valence-corrected chi connectivity index (χ3v) is 5.42. The van der Waals surface area contributed by atoms with Gasteiger partial charge in [0.1, 0.15) is 17.8 Å². The van der Waals surface area contributed by atoms with Gasteiger partial charge in [-0.15, -0.1) is 0 Å². The summed E-state index contributed by atoms with van der Waals surface area (Å²) >= 11 is 0. The molecule has 5 heteroatoms. The Balaban J connectivity index is 1.99. The van der Waals surface area contributed by atoms with Crippen molar-refractivity contribution in [2.24, 2.45) is 10.8 Å². The van der Waals surface area contributed by atoms with Gasteiger partial charge in [-0.1, -0.05) is 13.8 Å². The number of rotatable bonds is 9. The van der Waals surface area contributed by atoms with Gasteiger partial charge in [0.25, 0.3) is 0 Å². The van der Waals surface area contributed by atoms with Crippen molar-refractivity contribution < 1.29 is 19.1 Å². The van der Waals surface area contributed by atoms with E-state index in [9.17, 15) is 9.59 Å². The Morgan fingerprint density at radius 1 is 1.20 bits per heavy atom. The Bertz CT molecular complexity index is 598. The Labute approximate surface area is 150 Å². The molecule has 1 aromatic rings. The standard InChI is InChI=1S/C20H29NO4/c1-5-20(13-19(2,14-20)7-6-8-22)18(23)21-12-15-9-16(24-3)11-17(10-15)25-4/h8-11H,5-7,12-14H2,1-4H3,(H,21,23). The van der Waals surface area contributed by atoms with Gasteiger partial charge in [0.2, 0.25) is 5.91 Å². The maximum absolute atomic E-state index is 12.8. The van der Waals surface area contributed by atoms with Gasteiger partial charge in [-0.25, -0.2) is 0 Å². The molecule has 1 N–H and O–H groups in total. The largest absolute Gasteiger partial charge is 0.497 e. The van der Waals surface area contributed by atoms with Crippen molar-refractivity contribution in [2.75, 3.05) is 14.2 Å². The predicted molar refractivity (Wildman–Crippen MR) is 96.8 cm³/mol. The van der Waals surface area contributed by atoms with Crippen LogP contribution in [0.1, 0.15) is 51.5 Å². The Kier molecular flexibility index (Phi) is 6.09. The second-order valence-electron chi connectivity index (χ2n) is 7.41. The van der Waals surface area contributed by atoms with E-state index >= 15 is 0 Å². The molecule has 0 bridgehead atoms. The predicted octanol–water partition coefficient (Wildman–Crippen LogP) is 3.50. The average molecular weight is 347 g/mol. The molecule has 1 amide bonds. The van der Waals surface area contributed by atoms with Crippen molar-refractivity contribution >= 4 is 12.2 Å². The molecule has 0 aliphatic heterocycles. The zero-order chi connectivity index (χ0) is 18.5. The number of methoxy groups -OCH3 is 2. The molecule has 138 valence electrons. The minimum absolute atomic E-state index is 0.0976. The quantitative estimate of drug-likeness (QED) is 0.695. The SMILES string of the molecule is CCC1(C(=O)NCc2cc(OC)cc(OC)c2)CC(C)(CCC=O)C1. The van der Waals surface area contributed by atoms with Gasteiger partial charge >= 0.3 is 0 Å². The summed E-state index contributed by atoms with van der Waals surface area (Å²) in [5.74, 6) is 1.51. The summed E-state index contributed by atoms with van der Waals surface area (Å²) in [5, 5.41) is 3.07. The van der Waals surface area contributed by atoms with Crippen LogP contribution in [0.2, 0.25) is 0 Å². The second-order valence-corrected chi connectivity index (χ2v) is 7.41. The van der Waals surface area contributed by atoms with Gasteiger partial charge in [-0.05, 0) is 48.8 Å². The van der Waals surface area contributed by atoms with Crippen molar-refractivity contribution in [1.82, 2.24) is 5.32 Å². The van der Waals surface area contributed by atoms with Gasteiger partial charge in [-0.3, -0.25) is 4.79 Å². The van der Waals surface area contributed by atoms with Crippen LogP contribution in [0.5, 0.6) is 11.5 Å². The van der Waals surface area contributed by atoms with Crippen LogP contribution >= 0.6 is 0 Å². The molecular weight excluding hydrogens is 318 g/mol. The molecule has 1 saturated carbocycles. The molecule has 1 fully saturated rings. The second kappa shape index (κ2) is 7.89. The van der Waals surface area contributed by atoms with Gasteiger partial charge in [0.15, 0.2) is 0 Å². The van der Waals surface area contributed by atoms with E-state index in [1.807, 2.05) is 18.2 Å². The normalized spacial score (nSPS) is 25.0. The summed E-state index contributed by atoms with van der Waals surface area (Å²) in [6.45, 7) is 4.68. The van der Waals surface area contributed by atoms with Crippen molar-refractivity contribution in [3.05, 3.63) is 23.8 Å². The molecule has 0 spiro atoms. The van der Waals surface area contributed by atoms with E-state index < -0.39 is 0 Å². The number of amides is 1. The highest BCUT2D eigenvalue weighted by atomic mass is 16.5. The maximum atomic E-state index is 12.8. The van der Waals surface area contributed by atoms with Crippen LogP contribution in [-0.4, -0.2) is 26.4 Å². The van der Waals surface area contributed by atoms with Crippen LogP contribution in [-0.2, 0) is 16.1 Å². The summed E-state index contributed by atoms with van der Waals surface area (Å²) in [6, 6.07) is 5.61. The van der Waals surface area contributed by atoms with Gasteiger partial charge in [0.05, 0.1) is 14.2 Å². The molecule has 1 aromatic carbocycles. The van der Waals surface area contributed by atoms with Crippen LogP contribution in [0.4, 0.5) is 0 Å². The molecule has 0 saturated heterocycles. The van der Waals surface area contributed by atoms with E-state index in [4.69, 9.17) is 9.47 Å². The summed E-state index contributed by atoms with van der Waals surface area (Å²) < 4.78 is 10.5. The molecule has 0 unspecified atom stereocenters. The number of ether oxygens (including phenoxy) is 2. The lowest BCUT2D eigenvalue weighted by molar-refractivity contribution is -0.147. The number of carbonyl (C=O) groups excluding carboxylic acids is 2. The van der Waals surface area contributed by atoms with E-state index in [1.54, 1.807) is 14.2 Å². The smallest absolute Gasteiger partial charge is 0.226 e. The molecule has 5 nitrogen and oxygen atoms in total.